The van der Waals surface area contributed by atoms with Crippen LogP contribution >= 0.6 is 11.6 Å². The summed E-state index contributed by atoms with van der Waals surface area (Å²) in [6.45, 7) is 4.34. The van der Waals surface area contributed by atoms with E-state index >= 15 is 0 Å². The Morgan fingerprint density at radius 1 is 1.00 bits per heavy atom. The second-order valence-electron chi connectivity index (χ2n) is 5.76. The number of nitrogens with zero attached hydrogens (tertiary/aromatic N) is 1. The number of aliphatic imine (C=N–C) groups is 1. The summed E-state index contributed by atoms with van der Waals surface area (Å²) in [5, 5.41) is 9.97. The van der Waals surface area contributed by atoms with Gasteiger partial charge >= 0.3 is 0 Å². The minimum Gasteiger partial charge on any atom is -0.357 e. The van der Waals surface area contributed by atoms with Gasteiger partial charge in [-0.2, -0.15) is 0 Å². The fraction of sp³-hybridized carbons (Fsp3) is 0.300. The molecule has 6 heteroatoms. The zero-order chi connectivity index (χ0) is 18.6. The summed E-state index contributed by atoms with van der Waals surface area (Å²) >= 11 is 5.99. The fourth-order valence-corrected chi connectivity index (χ4v) is 2.54. The molecule has 0 saturated carbocycles. The molecule has 138 valence electrons. The van der Waals surface area contributed by atoms with E-state index in [9.17, 15) is 4.79 Å². The van der Waals surface area contributed by atoms with Gasteiger partial charge in [0.25, 0.3) is 0 Å². The number of halogens is 1. The van der Waals surface area contributed by atoms with E-state index in [1.807, 2.05) is 61.5 Å². The molecule has 0 atom stereocenters. The van der Waals surface area contributed by atoms with Crippen molar-refractivity contribution in [3.8, 4) is 0 Å². The molecule has 0 aliphatic heterocycles. The molecule has 0 aliphatic carbocycles. The Balaban J connectivity index is 1.75. The van der Waals surface area contributed by atoms with E-state index in [0.717, 1.165) is 17.7 Å². The van der Waals surface area contributed by atoms with Gasteiger partial charge in [-0.25, -0.2) is 4.99 Å². The molecule has 0 saturated heterocycles. The van der Waals surface area contributed by atoms with Crippen LogP contribution in [-0.4, -0.2) is 25.0 Å². The molecule has 26 heavy (non-hydrogen) atoms. The second kappa shape index (κ2) is 11.2. The van der Waals surface area contributed by atoms with Crippen molar-refractivity contribution in [3.63, 3.8) is 0 Å². The lowest BCUT2D eigenvalue weighted by Gasteiger charge is -2.11. The van der Waals surface area contributed by atoms with Gasteiger partial charge in [0.1, 0.15) is 0 Å². The average molecular weight is 373 g/mol. The van der Waals surface area contributed by atoms with Gasteiger partial charge in [-0.3, -0.25) is 4.79 Å². The highest BCUT2D eigenvalue weighted by Gasteiger charge is 2.03. The van der Waals surface area contributed by atoms with Crippen molar-refractivity contribution >= 4 is 23.5 Å². The summed E-state index contributed by atoms with van der Waals surface area (Å²) < 4.78 is 0. The number of rotatable bonds is 8. The lowest BCUT2D eigenvalue weighted by Crippen LogP contribution is -2.39. The standard InChI is InChI=1S/C20H25ClN4O/c1-2-22-20(25-15-17-9-6-10-18(21)13-17)23-12-11-19(26)24-14-16-7-4-3-5-8-16/h3-10,13H,2,11-12,14-15H2,1H3,(H,24,26)(H2,22,23,25). The van der Waals surface area contributed by atoms with Crippen LogP contribution in [0.5, 0.6) is 0 Å². The molecule has 0 radical (unpaired) electrons. The molecular weight excluding hydrogens is 348 g/mol. The van der Waals surface area contributed by atoms with Crippen molar-refractivity contribution in [3.05, 3.63) is 70.7 Å². The molecular formula is C20H25ClN4O. The first-order valence-corrected chi connectivity index (χ1v) is 9.12. The van der Waals surface area contributed by atoms with E-state index in [-0.39, 0.29) is 5.91 Å². The quantitative estimate of drug-likeness (QED) is 0.492. The Kier molecular flexibility index (Phi) is 8.49. The van der Waals surface area contributed by atoms with E-state index in [1.54, 1.807) is 0 Å². The van der Waals surface area contributed by atoms with Crippen molar-refractivity contribution < 1.29 is 4.79 Å². The summed E-state index contributed by atoms with van der Waals surface area (Å²) in [5.74, 6) is 0.690. The Morgan fingerprint density at radius 3 is 2.50 bits per heavy atom. The summed E-state index contributed by atoms with van der Waals surface area (Å²) in [6.07, 6.45) is 0.383. The van der Waals surface area contributed by atoms with Crippen LogP contribution in [0.15, 0.2) is 59.6 Å². The first-order valence-electron chi connectivity index (χ1n) is 8.74. The van der Waals surface area contributed by atoms with Crippen molar-refractivity contribution in [2.45, 2.75) is 26.4 Å². The van der Waals surface area contributed by atoms with Crippen LogP contribution in [0.1, 0.15) is 24.5 Å². The van der Waals surface area contributed by atoms with Gasteiger partial charge < -0.3 is 16.0 Å². The summed E-state index contributed by atoms with van der Waals surface area (Å²) in [4.78, 5) is 16.5. The highest BCUT2D eigenvalue weighted by Crippen LogP contribution is 2.11. The highest BCUT2D eigenvalue weighted by molar-refractivity contribution is 6.30. The predicted molar refractivity (Wildman–Crippen MR) is 107 cm³/mol. The van der Waals surface area contributed by atoms with Crippen molar-refractivity contribution in [1.29, 1.82) is 0 Å². The van der Waals surface area contributed by atoms with E-state index in [2.05, 4.69) is 20.9 Å². The van der Waals surface area contributed by atoms with Crippen LogP contribution in [0.4, 0.5) is 0 Å². The number of hydrogen-bond acceptors (Lipinski definition) is 2. The summed E-state index contributed by atoms with van der Waals surface area (Å²) in [5.41, 5.74) is 2.13. The molecule has 5 nitrogen and oxygen atoms in total. The van der Waals surface area contributed by atoms with Crippen LogP contribution in [0.2, 0.25) is 5.02 Å². The topological polar surface area (TPSA) is 65.5 Å². The number of benzene rings is 2. The Hall–Kier alpha value is -2.53. The third-order valence-corrected chi connectivity index (χ3v) is 3.87. The second-order valence-corrected chi connectivity index (χ2v) is 6.20. The summed E-state index contributed by atoms with van der Waals surface area (Å²) in [7, 11) is 0. The molecule has 0 fully saturated rings. The number of carbonyl (C=O) groups is 1. The zero-order valence-corrected chi connectivity index (χ0v) is 15.7. The van der Waals surface area contributed by atoms with Gasteiger partial charge in [-0.15, -0.1) is 0 Å². The molecule has 1 amide bonds. The van der Waals surface area contributed by atoms with Crippen molar-refractivity contribution in [1.82, 2.24) is 16.0 Å². The maximum Gasteiger partial charge on any atom is 0.222 e. The first-order chi connectivity index (χ1) is 12.7. The Bertz CT molecular complexity index is 719. The lowest BCUT2D eigenvalue weighted by atomic mass is 10.2. The first kappa shape index (κ1) is 19.8. The molecule has 2 aromatic carbocycles. The van der Waals surface area contributed by atoms with E-state index in [0.29, 0.717) is 37.0 Å². The maximum absolute atomic E-state index is 11.9. The molecule has 2 aromatic rings. The number of guanidine groups is 1. The van der Waals surface area contributed by atoms with Crippen molar-refractivity contribution in [2.75, 3.05) is 13.1 Å². The Labute approximate surface area is 159 Å². The largest absolute Gasteiger partial charge is 0.357 e. The van der Waals surface area contributed by atoms with E-state index in [1.165, 1.54) is 0 Å². The third kappa shape index (κ3) is 7.57. The molecule has 0 unspecified atom stereocenters. The number of amides is 1. The smallest absolute Gasteiger partial charge is 0.222 e. The highest BCUT2D eigenvalue weighted by atomic mass is 35.5. The Morgan fingerprint density at radius 2 is 1.77 bits per heavy atom. The molecule has 2 rings (SSSR count). The predicted octanol–water partition coefficient (Wildman–Crippen LogP) is 3.10. The molecule has 0 aromatic heterocycles. The van der Waals surface area contributed by atoms with Gasteiger partial charge in [-0.1, -0.05) is 54.1 Å². The van der Waals surface area contributed by atoms with Gasteiger partial charge in [-0.05, 0) is 30.2 Å². The zero-order valence-electron chi connectivity index (χ0n) is 15.0. The van der Waals surface area contributed by atoms with Gasteiger partial charge in [0, 0.05) is 31.1 Å². The maximum atomic E-state index is 11.9. The van der Waals surface area contributed by atoms with E-state index in [4.69, 9.17) is 11.6 Å². The van der Waals surface area contributed by atoms with Crippen LogP contribution in [0.3, 0.4) is 0 Å². The molecule has 0 aliphatic rings. The third-order valence-electron chi connectivity index (χ3n) is 3.63. The van der Waals surface area contributed by atoms with Crippen LogP contribution < -0.4 is 16.0 Å². The lowest BCUT2D eigenvalue weighted by molar-refractivity contribution is -0.121. The normalized spacial score (nSPS) is 11.1. The van der Waals surface area contributed by atoms with Crippen LogP contribution in [0, 0.1) is 0 Å². The molecule has 0 heterocycles. The minimum atomic E-state index is 0.00652. The average Bonchev–Trinajstić information content (AvgIpc) is 2.65. The number of carbonyl (C=O) groups excluding carboxylic acids is 1. The minimum absolute atomic E-state index is 0.00652. The van der Waals surface area contributed by atoms with Gasteiger partial charge in [0.2, 0.25) is 5.91 Å². The van der Waals surface area contributed by atoms with Gasteiger partial charge in [0.05, 0.1) is 6.54 Å². The van der Waals surface area contributed by atoms with E-state index < -0.39 is 0 Å². The summed E-state index contributed by atoms with van der Waals surface area (Å²) in [6, 6.07) is 17.5. The van der Waals surface area contributed by atoms with Gasteiger partial charge in [0.15, 0.2) is 5.96 Å². The van der Waals surface area contributed by atoms with Crippen molar-refractivity contribution in [2.24, 2.45) is 4.99 Å². The van der Waals surface area contributed by atoms with Crippen LogP contribution in [0.25, 0.3) is 0 Å². The fourth-order valence-electron chi connectivity index (χ4n) is 2.33. The number of nitrogens with one attached hydrogen (secondary N) is 3. The molecule has 0 spiro atoms. The monoisotopic (exact) mass is 372 g/mol. The number of hydrogen-bond donors (Lipinski definition) is 3. The SMILES string of the molecule is CCNC(=NCc1cccc(Cl)c1)NCCC(=O)NCc1ccccc1. The molecule has 0 bridgehead atoms. The van der Waals surface area contributed by atoms with Crippen LogP contribution in [-0.2, 0) is 17.9 Å². The molecule has 3 N–H and O–H groups in total.